The summed E-state index contributed by atoms with van der Waals surface area (Å²) in [6.45, 7) is -0.730. The summed E-state index contributed by atoms with van der Waals surface area (Å²) in [7, 11) is 0. The Bertz CT molecular complexity index is 3970. The Morgan fingerprint density at radius 1 is 0.292 bits per heavy atom. The number of imidazole rings is 4. The van der Waals surface area contributed by atoms with E-state index >= 15 is 0 Å². The Balaban J connectivity index is 0.914. The number of hydrogen-bond acceptors (Lipinski definition) is 8. The van der Waals surface area contributed by atoms with E-state index in [0.717, 1.165) is 99.7 Å². The van der Waals surface area contributed by atoms with Crippen LogP contribution in [0, 0.1) is 0 Å². The van der Waals surface area contributed by atoms with Crippen LogP contribution in [-0.2, 0) is 0 Å². The molecule has 0 fully saturated rings. The molecule has 0 saturated carbocycles. The van der Waals surface area contributed by atoms with Gasteiger partial charge in [-0.25, -0.2) is 19.9 Å². The third kappa shape index (κ3) is 5.16. The molecule has 0 N–H and O–H groups in total. The molecule has 72 heavy (non-hydrogen) atoms. The average molecular weight is 927 g/mol. The minimum absolute atomic E-state index is 0.365. The number of benzene rings is 9. The first-order valence-electron chi connectivity index (χ1n) is 23.9. The molecule has 0 atom stereocenters. The molecule has 0 radical (unpaired) electrons. The zero-order valence-corrected chi connectivity index (χ0v) is 37.8. The number of aromatic nitrogens is 8. The summed E-state index contributed by atoms with van der Waals surface area (Å²) in [6, 6.07) is 58.3. The van der Waals surface area contributed by atoms with Crippen LogP contribution in [0.4, 0.5) is 0 Å². The van der Waals surface area contributed by atoms with Gasteiger partial charge in [-0.1, -0.05) is 48.5 Å². The van der Waals surface area contributed by atoms with E-state index in [0.29, 0.717) is 46.0 Å². The Morgan fingerprint density at radius 2 is 0.542 bits per heavy atom. The smallest absolute Gasteiger partial charge is 0.261 e. The zero-order valence-electron chi connectivity index (χ0n) is 37.8. The fourth-order valence-corrected chi connectivity index (χ4v) is 11.7. The maximum atomic E-state index is 7.27. The zero-order chi connectivity index (χ0) is 46.8. The highest BCUT2D eigenvalue weighted by atomic mass is 16.5. The first-order chi connectivity index (χ1) is 35.7. The van der Waals surface area contributed by atoms with Gasteiger partial charge >= 0.3 is 0 Å². The van der Waals surface area contributed by atoms with Crippen LogP contribution < -0.4 is 51.7 Å². The Morgan fingerprint density at radius 3 is 0.806 bits per heavy atom. The number of para-hydroxylation sites is 8. The summed E-state index contributed by atoms with van der Waals surface area (Å²) in [6.07, 6.45) is 7.53. The van der Waals surface area contributed by atoms with Gasteiger partial charge in [0, 0.05) is 33.7 Å². The monoisotopic (exact) mass is 926 g/mol. The van der Waals surface area contributed by atoms with Crippen LogP contribution in [0.1, 0.15) is 0 Å². The fraction of sp³-hybridized carbons (Fsp3) is 0. The van der Waals surface area contributed by atoms with Crippen LogP contribution in [0.5, 0.6) is 46.0 Å². The van der Waals surface area contributed by atoms with E-state index in [2.05, 4.69) is 115 Å². The van der Waals surface area contributed by atoms with Crippen LogP contribution in [0.3, 0.4) is 0 Å². The van der Waals surface area contributed by atoms with Crippen molar-refractivity contribution in [2.75, 3.05) is 0 Å². The van der Waals surface area contributed by atoms with Crippen molar-refractivity contribution < 1.29 is 18.9 Å². The van der Waals surface area contributed by atoms with Crippen LogP contribution >= 0.6 is 0 Å². The molecule has 9 aromatic carbocycles. The standard InChI is InChI=1S/C58H32B2N8O4/c1-5-13-45-41(9-1)61-29-65(45)33-17-21-49-37(25-33)59-38-26-34(66-30-62-42-10-2-6-14-46(42)66)18-22-50(38)70-56-53(59)55(69-49)57-54-58(56)72-52-24-20-36(68-32-64-44-12-4-8-16-48(44)68)28-40(52)60(54)39-27-35(19-23-51(39)71-57)67-31-63-43-11-3-7-15-47(43)67/h1-32H. The molecule has 17 rings (SSSR count). The molecule has 334 valence electrons. The summed E-state index contributed by atoms with van der Waals surface area (Å²) in [5, 5.41) is 0. The van der Waals surface area contributed by atoms with E-state index in [-0.39, 0.29) is 13.4 Å². The van der Waals surface area contributed by atoms with Gasteiger partial charge in [-0.2, -0.15) is 0 Å². The predicted octanol–water partition coefficient (Wildman–Crippen LogP) is 8.50. The van der Waals surface area contributed by atoms with Gasteiger partial charge in [-0.05, 0) is 143 Å². The van der Waals surface area contributed by atoms with Crippen molar-refractivity contribution in [2.45, 2.75) is 0 Å². The average Bonchev–Trinajstić information content (AvgIpc) is 4.27. The molecule has 0 bridgehead atoms. The first kappa shape index (κ1) is 38.1. The molecular weight excluding hydrogens is 894 g/mol. The minimum Gasteiger partial charge on any atom is -0.454 e. The number of nitrogens with zero attached hydrogens (tertiary/aromatic N) is 8. The van der Waals surface area contributed by atoms with Gasteiger partial charge in [0.15, 0.2) is 23.0 Å². The summed E-state index contributed by atoms with van der Waals surface area (Å²) in [5.74, 6) is 5.24. The van der Waals surface area contributed by atoms with Crippen LogP contribution in [0.2, 0.25) is 0 Å². The Kier molecular flexibility index (Phi) is 7.36. The summed E-state index contributed by atoms with van der Waals surface area (Å²) in [4.78, 5) is 19.0. The van der Waals surface area contributed by atoms with Crippen molar-refractivity contribution in [1.82, 2.24) is 38.2 Å². The fourth-order valence-electron chi connectivity index (χ4n) is 11.7. The Hall–Kier alpha value is -9.81. The SMILES string of the molecule is c1ccc2c(c1)ncn2-c1ccc2c(c1)B1c3cc(-n4cnc5ccccc54)ccc3Oc3c4c5c(c(c31)O2)Oc1ccc(-n2cnc3ccccc32)cc1B5c1cc(-n2cnc3ccccc32)ccc1O4. The first-order valence-corrected chi connectivity index (χ1v) is 23.9. The summed E-state index contributed by atoms with van der Waals surface area (Å²) >= 11 is 0. The minimum atomic E-state index is -0.365. The second-order valence-electron chi connectivity index (χ2n) is 18.7. The van der Waals surface area contributed by atoms with Gasteiger partial charge in [0.1, 0.15) is 48.3 Å². The molecule has 0 amide bonds. The predicted molar refractivity (Wildman–Crippen MR) is 280 cm³/mol. The molecule has 13 aromatic rings. The maximum absolute atomic E-state index is 7.27. The lowest BCUT2D eigenvalue weighted by molar-refractivity contribution is 0.396. The highest BCUT2D eigenvalue weighted by molar-refractivity contribution is 7.00. The third-order valence-corrected chi connectivity index (χ3v) is 15.0. The van der Waals surface area contributed by atoms with Crippen molar-refractivity contribution in [3.05, 3.63) is 195 Å². The second-order valence-corrected chi connectivity index (χ2v) is 18.7. The van der Waals surface area contributed by atoms with Crippen molar-refractivity contribution in [3.8, 4) is 68.7 Å². The molecule has 8 heterocycles. The van der Waals surface area contributed by atoms with E-state index in [1.54, 1.807) is 0 Å². The summed E-state index contributed by atoms with van der Waals surface area (Å²) < 4.78 is 37.6. The van der Waals surface area contributed by atoms with Crippen molar-refractivity contribution in [1.29, 1.82) is 0 Å². The van der Waals surface area contributed by atoms with E-state index in [1.165, 1.54) is 0 Å². The summed E-state index contributed by atoms with van der Waals surface area (Å²) in [5.41, 5.74) is 17.1. The maximum Gasteiger partial charge on any atom is 0.261 e. The molecule has 0 spiro atoms. The second kappa shape index (κ2) is 13.9. The molecule has 0 saturated heterocycles. The van der Waals surface area contributed by atoms with Gasteiger partial charge in [-0.15, -0.1) is 0 Å². The van der Waals surface area contributed by atoms with Crippen molar-refractivity contribution in [3.63, 3.8) is 0 Å². The number of fused-ring (bicyclic) bond motifs is 14. The number of rotatable bonds is 4. The van der Waals surface area contributed by atoms with Crippen LogP contribution in [-0.4, -0.2) is 51.6 Å². The molecule has 14 heteroatoms. The highest BCUT2D eigenvalue weighted by Crippen LogP contribution is 2.50. The number of hydrogen-bond donors (Lipinski definition) is 0. The molecule has 4 aliphatic rings. The van der Waals surface area contributed by atoms with Crippen molar-refractivity contribution >= 4 is 90.3 Å². The molecular formula is C58H32B2N8O4. The molecule has 12 nitrogen and oxygen atoms in total. The van der Waals surface area contributed by atoms with Gasteiger partial charge < -0.3 is 18.9 Å². The van der Waals surface area contributed by atoms with Crippen LogP contribution in [0.25, 0.3) is 66.9 Å². The molecule has 4 aliphatic heterocycles. The quantitative estimate of drug-likeness (QED) is 0.162. The molecule has 0 aliphatic carbocycles. The molecule has 4 aromatic heterocycles. The van der Waals surface area contributed by atoms with Gasteiger partial charge in [0.25, 0.3) is 13.4 Å². The lowest BCUT2D eigenvalue weighted by Gasteiger charge is -2.40. The van der Waals surface area contributed by atoms with Crippen LogP contribution in [0.15, 0.2) is 195 Å². The molecule has 0 unspecified atom stereocenters. The lowest BCUT2D eigenvalue weighted by atomic mass is 9.32. The van der Waals surface area contributed by atoms with Crippen molar-refractivity contribution in [2.24, 2.45) is 0 Å². The van der Waals surface area contributed by atoms with E-state index in [4.69, 9.17) is 38.9 Å². The Labute approximate surface area is 409 Å². The van der Waals surface area contributed by atoms with Gasteiger partial charge in [0.05, 0.1) is 44.1 Å². The topological polar surface area (TPSA) is 108 Å². The highest BCUT2D eigenvalue weighted by Gasteiger charge is 2.51. The number of ether oxygens (including phenoxy) is 4. The van der Waals surface area contributed by atoms with Gasteiger partial charge in [-0.3, -0.25) is 18.3 Å². The van der Waals surface area contributed by atoms with E-state index < -0.39 is 0 Å². The third-order valence-electron chi connectivity index (χ3n) is 15.0. The lowest BCUT2D eigenvalue weighted by Crippen LogP contribution is -2.61. The van der Waals surface area contributed by atoms with Gasteiger partial charge in [0.2, 0.25) is 0 Å². The normalized spacial score (nSPS) is 13.4. The largest absolute Gasteiger partial charge is 0.454 e. The van der Waals surface area contributed by atoms with E-state index in [1.807, 2.05) is 98.1 Å². The van der Waals surface area contributed by atoms with E-state index in [9.17, 15) is 0 Å².